The first-order valence-electron chi connectivity index (χ1n) is 11.6. The van der Waals surface area contributed by atoms with E-state index in [4.69, 9.17) is 10.2 Å². The SMILES string of the molecule is CC(C)Cc1cccc(CC(C)C)c1.CCC.CCC.OCc1cccc(CO)c1. The molecule has 0 saturated heterocycles. The standard InChI is InChI=1S/C14H22.C8H10O2.2C3H8/c1-11(2)8-13-6-5-7-14(10-13)9-12(3)4;9-5-7-2-1-3-8(4-7)6-10;2*1-3-2/h5-7,10-12H,8-9H2,1-4H3;1-4,9-10H,5-6H2;2*3H2,1-2H3. The molecule has 172 valence electrons. The molecule has 30 heavy (non-hydrogen) atoms. The van der Waals surface area contributed by atoms with Gasteiger partial charge in [-0.15, -0.1) is 0 Å². The average molecular weight is 417 g/mol. The minimum absolute atomic E-state index is 0.0356. The van der Waals surface area contributed by atoms with Gasteiger partial charge in [-0.2, -0.15) is 0 Å². The fourth-order valence-corrected chi connectivity index (χ4v) is 2.65. The number of benzene rings is 2. The largest absolute Gasteiger partial charge is 0.392 e. The van der Waals surface area contributed by atoms with Crippen LogP contribution < -0.4 is 0 Å². The summed E-state index contributed by atoms with van der Waals surface area (Å²) in [4.78, 5) is 0. The van der Waals surface area contributed by atoms with Crippen LogP contribution in [0.25, 0.3) is 0 Å². The zero-order valence-electron chi connectivity index (χ0n) is 20.9. The van der Waals surface area contributed by atoms with Crippen LogP contribution in [0.1, 0.15) is 90.5 Å². The van der Waals surface area contributed by atoms with Gasteiger partial charge in [0.1, 0.15) is 0 Å². The van der Waals surface area contributed by atoms with E-state index < -0.39 is 0 Å². The Bertz CT molecular complexity index is 571. The summed E-state index contributed by atoms with van der Waals surface area (Å²) in [6, 6.07) is 16.3. The number of hydrogen-bond acceptors (Lipinski definition) is 2. The molecule has 0 aliphatic carbocycles. The highest BCUT2D eigenvalue weighted by atomic mass is 16.3. The van der Waals surface area contributed by atoms with Crippen molar-refractivity contribution in [1.82, 2.24) is 0 Å². The fourth-order valence-electron chi connectivity index (χ4n) is 2.65. The summed E-state index contributed by atoms with van der Waals surface area (Å²) in [5, 5.41) is 17.4. The van der Waals surface area contributed by atoms with Gasteiger partial charge in [-0.3, -0.25) is 0 Å². The van der Waals surface area contributed by atoms with Gasteiger partial charge < -0.3 is 10.2 Å². The first-order valence-corrected chi connectivity index (χ1v) is 11.6. The van der Waals surface area contributed by atoms with E-state index in [1.165, 1.54) is 36.8 Å². The van der Waals surface area contributed by atoms with Crippen molar-refractivity contribution in [2.24, 2.45) is 11.8 Å². The first-order chi connectivity index (χ1) is 14.3. The van der Waals surface area contributed by atoms with Crippen LogP contribution in [0.2, 0.25) is 0 Å². The molecule has 2 nitrogen and oxygen atoms in total. The molecule has 2 N–H and O–H groups in total. The first kappa shape index (κ1) is 30.6. The van der Waals surface area contributed by atoms with Gasteiger partial charge in [-0.05, 0) is 46.9 Å². The molecule has 2 heteroatoms. The molecule has 0 fully saturated rings. The van der Waals surface area contributed by atoms with Crippen molar-refractivity contribution >= 4 is 0 Å². The van der Waals surface area contributed by atoms with E-state index in [1.807, 2.05) is 18.2 Å². The molecule has 0 aliphatic rings. The van der Waals surface area contributed by atoms with Crippen molar-refractivity contribution in [3.8, 4) is 0 Å². The lowest BCUT2D eigenvalue weighted by molar-refractivity contribution is 0.275. The summed E-state index contributed by atoms with van der Waals surface area (Å²) in [5.74, 6) is 1.51. The molecule has 0 amide bonds. The van der Waals surface area contributed by atoms with Gasteiger partial charge in [-0.25, -0.2) is 0 Å². The zero-order chi connectivity index (χ0) is 23.4. The second kappa shape index (κ2) is 20.6. The van der Waals surface area contributed by atoms with Crippen LogP contribution in [0.5, 0.6) is 0 Å². The van der Waals surface area contributed by atoms with Crippen LogP contribution in [0, 0.1) is 11.8 Å². The number of rotatable bonds is 6. The maximum absolute atomic E-state index is 8.68. The van der Waals surface area contributed by atoms with E-state index in [0.29, 0.717) is 0 Å². The minimum atomic E-state index is 0.0356. The summed E-state index contributed by atoms with van der Waals surface area (Å²) in [6.07, 6.45) is 4.90. The monoisotopic (exact) mass is 416 g/mol. The zero-order valence-corrected chi connectivity index (χ0v) is 20.9. The summed E-state index contributed by atoms with van der Waals surface area (Å²) in [6.45, 7) is 17.7. The Morgan fingerprint density at radius 2 is 0.833 bits per heavy atom. The summed E-state index contributed by atoms with van der Waals surface area (Å²) >= 11 is 0. The molecule has 0 spiro atoms. The molecule has 2 rings (SSSR count). The molecule has 0 heterocycles. The number of hydrogen-bond donors (Lipinski definition) is 2. The van der Waals surface area contributed by atoms with Crippen LogP contribution in [0.3, 0.4) is 0 Å². The normalized spacial score (nSPS) is 9.73. The summed E-state index contributed by atoms with van der Waals surface area (Å²) in [5.41, 5.74) is 4.65. The molecule has 0 radical (unpaired) electrons. The highest BCUT2D eigenvalue weighted by Gasteiger charge is 2.01. The van der Waals surface area contributed by atoms with Gasteiger partial charge >= 0.3 is 0 Å². The lowest BCUT2D eigenvalue weighted by atomic mass is 9.97. The van der Waals surface area contributed by atoms with E-state index in [-0.39, 0.29) is 13.2 Å². The van der Waals surface area contributed by atoms with Gasteiger partial charge in [-0.1, -0.05) is 117 Å². The summed E-state index contributed by atoms with van der Waals surface area (Å²) < 4.78 is 0. The van der Waals surface area contributed by atoms with Crippen molar-refractivity contribution in [2.45, 2.75) is 94.3 Å². The quantitative estimate of drug-likeness (QED) is 0.509. The van der Waals surface area contributed by atoms with Gasteiger partial charge in [0.15, 0.2) is 0 Å². The number of aliphatic hydroxyl groups is 2. The lowest BCUT2D eigenvalue weighted by Crippen LogP contribution is -1.97. The topological polar surface area (TPSA) is 40.5 Å². The van der Waals surface area contributed by atoms with Crippen LogP contribution >= 0.6 is 0 Å². The molecule has 2 aromatic rings. The third-order valence-electron chi connectivity index (χ3n) is 3.64. The van der Waals surface area contributed by atoms with Gasteiger partial charge in [0.05, 0.1) is 13.2 Å². The van der Waals surface area contributed by atoms with Crippen molar-refractivity contribution < 1.29 is 10.2 Å². The van der Waals surface area contributed by atoms with E-state index in [0.717, 1.165) is 23.0 Å². The highest BCUT2D eigenvalue weighted by Crippen LogP contribution is 2.13. The van der Waals surface area contributed by atoms with Crippen molar-refractivity contribution in [2.75, 3.05) is 0 Å². The van der Waals surface area contributed by atoms with Crippen LogP contribution in [0.15, 0.2) is 48.5 Å². The maximum atomic E-state index is 8.68. The lowest BCUT2D eigenvalue weighted by Gasteiger charge is -2.09. The number of aliphatic hydroxyl groups excluding tert-OH is 2. The van der Waals surface area contributed by atoms with Crippen LogP contribution in [0.4, 0.5) is 0 Å². The molecule has 0 aliphatic heterocycles. The van der Waals surface area contributed by atoms with Crippen LogP contribution in [-0.2, 0) is 26.1 Å². The Morgan fingerprint density at radius 1 is 0.567 bits per heavy atom. The fraction of sp³-hybridized carbons (Fsp3) is 0.571. The second-order valence-corrected chi connectivity index (χ2v) is 8.57. The van der Waals surface area contributed by atoms with E-state index in [2.05, 4.69) is 79.7 Å². The van der Waals surface area contributed by atoms with E-state index in [1.54, 1.807) is 6.07 Å². The van der Waals surface area contributed by atoms with Crippen molar-refractivity contribution in [1.29, 1.82) is 0 Å². The van der Waals surface area contributed by atoms with Gasteiger partial charge in [0.2, 0.25) is 0 Å². The molecule has 2 aromatic carbocycles. The molecule has 0 aromatic heterocycles. The van der Waals surface area contributed by atoms with Crippen molar-refractivity contribution in [3.63, 3.8) is 0 Å². The molecule has 0 unspecified atom stereocenters. The van der Waals surface area contributed by atoms with E-state index in [9.17, 15) is 0 Å². The highest BCUT2D eigenvalue weighted by molar-refractivity contribution is 5.24. The minimum Gasteiger partial charge on any atom is -0.392 e. The third kappa shape index (κ3) is 18.4. The Balaban J connectivity index is 0. The van der Waals surface area contributed by atoms with Gasteiger partial charge in [0.25, 0.3) is 0 Å². The maximum Gasteiger partial charge on any atom is 0.0681 e. The molecule has 0 bridgehead atoms. The Hall–Kier alpha value is -1.64. The Kier molecular flexibility index (Phi) is 21.0. The third-order valence-corrected chi connectivity index (χ3v) is 3.64. The molecule has 0 atom stereocenters. The molecular weight excluding hydrogens is 368 g/mol. The van der Waals surface area contributed by atoms with E-state index >= 15 is 0 Å². The Morgan fingerprint density at radius 3 is 1.10 bits per heavy atom. The Labute approximate surface area is 187 Å². The summed E-state index contributed by atoms with van der Waals surface area (Å²) in [7, 11) is 0. The smallest absolute Gasteiger partial charge is 0.0681 e. The predicted octanol–water partition coefficient (Wildman–Crippen LogP) is 7.59. The van der Waals surface area contributed by atoms with Crippen LogP contribution in [-0.4, -0.2) is 10.2 Å². The second-order valence-electron chi connectivity index (χ2n) is 8.57. The van der Waals surface area contributed by atoms with Gasteiger partial charge in [0, 0.05) is 0 Å². The van der Waals surface area contributed by atoms with Crippen molar-refractivity contribution in [3.05, 3.63) is 70.8 Å². The predicted molar refractivity (Wildman–Crippen MR) is 134 cm³/mol. The average Bonchev–Trinajstić information content (AvgIpc) is 2.69. The molecule has 0 saturated carbocycles. The molecular formula is C28H48O2.